The zero-order chi connectivity index (χ0) is 12.3. The highest BCUT2D eigenvalue weighted by Gasteiger charge is 2.18. The van der Waals surface area contributed by atoms with Crippen LogP contribution in [0, 0.1) is 0 Å². The summed E-state index contributed by atoms with van der Waals surface area (Å²) >= 11 is 6.02. The van der Waals surface area contributed by atoms with Gasteiger partial charge in [-0.1, -0.05) is 18.2 Å². The Morgan fingerprint density at radius 3 is 2.94 bits per heavy atom. The van der Waals surface area contributed by atoms with Crippen LogP contribution in [0.3, 0.4) is 0 Å². The van der Waals surface area contributed by atoms with E-state index in [1.807, 2.05) is 0 Å². The third kappa shape index (κ3) is 3.01. The molecule has 0 heterocycles. The van der Waals surface area contributed by atoms with Gasteiger partial charge in [0.2, 0.25) is 0 Å². The summed E-state index contributed by atoms with van der Waals surface area (Å²) in [4.78, 5) is 11.4. The third-order valence-electron chi connectivity index (χ3n) is 3.12. The second kappa shape index (κ2) is 5.54. The molecule has 0 fully saturated rings. The summed E-state index contributed by atoms with van der Waals surface area (Å²) in [6.07, 6.45) is 4.11. The number of esters is 1. The molecular weight excluding hydrogens is 236 g/mol. The lowest BCUT2D eigenvalue weighted by atomic mass is 10.0. The van der Waals surface area contributed by atoms with Crippen LogP contribution in [0.4, 0.5) is 0 Å². The number of hydrogen-bond acceptors (Lipinski definition) is 2. The molecule has 17 heavy (non-hydrogen) atoms. The zero-order valence-corrected chi connectivity index (χ0v) is 10.8. The van der Waals surface area contributed by atoms with Gasteiger partial charge in [-0.3, -0.25) is 4.79 Å². The lowest BCUT2D eigenvalue weighted by Gasteiger charge is -2.09. The van der Waals surface area contributed by atoms with Crippen molar-refractivity contribution in [3.63, 3.8) is 0 Å². The van der Waals surface area contributed by atoms with Gasteiger partial charge in [-0.25, -0.2) is 0 Å². The second-order valence-corrected chi connectivity index (χ2v) is 4.91. The molecule has 0 N–H and O–H groups in total. The first kappa shape index (κ1) is 12.4. The van der Waals surface area contributed by atoms with Crippen LogP contribution in [0.1, 0.15) is 30.0 Å². The summed E-state index contributed by atoms with van der Waals surface area (Å²) in [6.45, 7) is 2.17. The molecule has 0 aliphatic heterocycles. The minimum absolute atomic E-state index is 0.324. The van der Waals surface area contributed by atoms with Crippen LogP contribution in [0.15, 0.2) is 18.2 Å². The summed E-state index contributed by atoms with van der Waals surface area (Å²) in [5.74, 6) is -0.324. The van der Waals surface area contributed by atoms with E-state index in [4.69, 9.17) is 16.3 Å². The van der Waals surface area contributed by atoms with Crippen LogP contribution in [-0.4, -0.2) is 18.0 Å². The van der Waals surface area contributed by atoms with E-state index in [1.54, 1.807) is 6.92 Å². The van der Waals surface area contributed by atoms with Gasteiger partial charge in [0.1, 0.15) is 5.38 Å². The van der Waals surface area contributed by atoms with Crippen molar-refractivity contribution in [1.29, 1.82) is 0 Å². The monoisotopic (exact) mass is 252 g/mol. The molecule has 0 saturated carbocycles. The fraction of sp³-hybridized carbons (Fsp3) is 0.500. The summed E-state index contributed by atoms with van der Waals surface area (Å²) in [7, 11) is 0. The first-order valence-corrected chi connectivity index (χ1v) is 6.55. The minimum Gasteiger partial charge on any atom is -0.465 e. The van der Waals surface area contributed by atoms with Crippen LogP contribution in [-0.2, 0) is 28.8 Å². The Kier molecular flexibility index (Phi) is 4.06. The molecule has 0 amide bonds. The second-order valence-electron chi connectivity index (χ2n) is 4.38. The van der Waals surface area contributed by atoms with Crippen molar-refractivity contribution >= 4 is 17.6 Å². The van der Waals surface area contributed by atoms with E-state index in [9.17, 15) is 4.79 Å². The van der Waals surface area contributed by atoms with Crippen LogP contribution in [0.5, 0.6) is 0 Å². The molecule has 0 spiro atoms. The Morgan fingerprint density at radius 1 is 1.41 bits per heavy atom. The van der Waals surface area contributed by atoms with Crippen molar-refractivity contribution in [2.75, 3.05) is 6.61 Å². The van der Waals surface area contributed by atoms with Gasteiger partial charge in [-0.2, -0.15) is 0 Å². The van der Waals surface area contributed by atoms with E-state index < -0.39 is 5.38 Å². The number of ether oxygens (including phenoxy) is 1. The number of hydrogen-bond donors (Lipinski definition) is 0. The van der Waals surface area contributed by atoms with E-state index >= 15 is 0 Å². The number of benzene rings is 1. The van der Waals surface area contributed by atoms with Gasteiger partial charge in [0.25, 0.3) is 0 Å². The summed E-state index contributed by atoms with van der Waals surface area (Å²) in [5, 5.41) is -0.575. The average Bonchev–Trinajstić information content (AvgIpc) is 2.76. The quantitative estimate of drug-likeness (QED) is 0.608. The Morgan fingerprint density at radius 2 is 2.18 bits per heavy atom. The molecule has 1 unspecified atom stereocenters. The highest BCUT2D eigenvalue weighted by Crippen LogP contribution is 2.23. The van der Waals surface area contributed by atoms with Gasteiger partial charge >= 0.3 is 5.97 Å². The number of carbonyl (C=O) groups excluding carboxylic acids is 1. The van der Waals surface area contributed by atoms with Gasteiger partial charge in [0.05, 0.1) is 6.61 Å². The van der Waals surface area contributed by atoms with Crippen molar-refractivity contribution in [3.05, 3.63) is 34.9 Å². The molecule has 92 valence electrons. The number of carbonyl (C=O) groups is 1. The maximum Gasteiger partial charge on any atom is 0.324 e. The van der Waals surface area contributed by atoms with Gasteiger partial charge in [0, 0.05) is 0 Å². The Hall–Kier alpha value is -1.02. The molecule has 0 aromatic heterocycles. The molecule has 2 rings (SSSR count). The van der Waals surface area contributed by atoms with Crippen molar-refractivity contribution < 1.29 is 9.53 Å². The summed E-state index contributed by atoms with van der Waals surface area (Å²) in [6, 6.07) is 6.40. The molecule has 1 atom stereocenters. The molecule has 2 nitrogen and oxygen atoms in total. The number of aryl methyl sites for hydroxylation is 2. The van der Waals surface area contributed by atoms with E-state index in [0.29, 0.717) is 13.0 Å². The van der Waals surface area contributed by atoms with Crippen LogP contribution in [0.2, 0.25) is 0 Å². The largest absolute Gasteiger partial charge is 0.465 e. The lowest BCUT2D eigenvalue weighted by molar-refractivity contribution is -0.142. The molecule has 1 aliphatic carbocycles. The Labute approximate surface area is 107 Å². The third-order valence-corrected chi connectivity index (χ3v) is 3.45. The Balaban J connectivity index is 2.01. The van der Waals surface area contributed by atoms with Crippen LogP contribution >= 0.6 is 11.6 Å². The summed E-state index contributed by atoms with van der Waals surface area (Å²) in [5.41, 5.74) is 3.98. The standard InChI is InChI=1S/C14H17ClO2/c1-2-17-14(16)13(15)9-10-6-7-11-4-3-5-12(11)8-10/h6-8,13H,2-5,9H2,1H3. The van der Waals surface area contributed by atoms with Gasteiger partial charge in [-0.15, -0.1) is 11.6 Å². The highest BCUT2D eigenvalue weighted by atomic mass is 35.5. The lowest BCUT2D eigenvalue weighted by Crippen LogP contribution is -2.20. The maximum absolute atomic E-state index is 11.4. The first-order valence-electron chi connectivity index (χ1n) is 6.12. The van der Waals surface area contributed by atoms with Gasteiger partial charge in [0.15, 0.2) is 0 Å². The molecule has 3 heteroatoms. The molecule has 1 aromatic rings. The SMILES string of the molecule is CCOC(=O)C(Cl)Cc1ccc2c(c1)CCC2. The van der Waals surface area contributed by atoms with Crippen LogP contribution < -0.4 is 0 Å². The fourth-order valence-electron chi connectivity index (χ4n) is 2.28. The number of alkyl halides is 1. The van der Waals surface area contributed by atoms with E-state index in [2.05, 4.69) is 18.2 Å². The first-order chi connectivity index (χ1) is 8.20. The predicted molar refractivity (Wildman–Crippen MR) is 68.4 cm³/mol. The van der Waals surface area contributed by atoms with Gasteiger partial charge in [-0.05, 0) is 49.3 Å². The maximum atomic E-state index is 11.4. The van der Waals surface area contributed by atoms with Gasteiger partial charge < -0.3 is 4.74 Å². The number of halogens is 1. The van der Waals surface area contributed by atoms with E-state index in [1.165, 1.54) is 24.0 Å². The molecule has 1 aromatic carbocycles. The van der Waals surface area contributed by atoms with Crippen LogP contribution in [0.25, 0.3) is 0 Å². The van der Waals surface area contributed by atoms with Crippen molar-refractivity contribution in [1.82, 2.24) is 0 Å². The minimum atomic E-state index is -0.575. The van der Waals surface area contributed by atoms with E-state index in [-0.39, 0.29) is 5.97 Å². The molecule has 0 radical (unpaired) electrons. The van der Waals surface area contributed by atoms with Crippen molar-refractivity contribution in [2.45, 2.75) is 38.0 Å². The summed E-state index contributed by atoms with van der Waals surface area (Å²) < 4.78 is 4.90. The topological polar surface area (TPSA) is 26.3 Å². The predicted octanol–water partition coefficient (Wildman–Crippen LogP) is 2.89. The van der Waals surface area contributed by atoms with Crippen molar-refractivity contribution in [3.8, 4) is 0 Å². The average molecular weight is 253 g/mol. The Bertz CT molecular complexity index is 415. The highest BCUT2D eigenvalue weighted by molar-refractivity contribution is 6.30. The smallest absolute Gasteiger partial charge is 0.324 e. The normalized spacial score (nSPS) is 15.4. The number of rotatable bonds is 4. The van der Waals surface area contributed by atoms with E-state index in [0.717, 1.165) is 12.0 Å². The number of fused-ring (bicyclic) bond motifs is 1. The zero-order valence-electron chi connectivity index (χ0n) is 10.0. The molecule has 0 bridgehead atoms. The fourth-order valence-corrected chi connectivity index (χ4v) is 2.52. The molecule has 0 saturated heterocycles. The molecule has 1 aliphatic rings. The molecular formula is C14H17ClO2. The van der Waals surface area contributed by atoms with Crippen molar-refractivity contribution in [2.24, 2.45) is 0 Å².